The average Bonchev–Trinajstić information content (AvgIpc) is 2.48. The molecule has 118 valence electrons. The van der Waals surface area contributed by atoms with Crippen LogP contribution in [0.3, 0.4) is 0 Å². The van der Waals surface area contributed by atoms with E-state index in [9.17, 15) is 8.42 Å². The van der Waals surface area contributed by atoms with Crippen molar-refractivity contribution in [2.75, 3.05) is 30.8 Å². The predicted octanol–water partition coefficient (Wildman–Crippen LogP) is 2.07. The van der Waals surface area contributed by atoms with Crippen molar-refractivity contribution >= 4 is 21.7 Å². The Kier molecular flexibility index (Phi) is 5.05. The summed E-state index contributed by atoms with van der Waals surface area (Å²) in [6, 6.07) is 4.15. The molecule has 7 heteroatoms. The molecule has 0 spiro atoms. The Morgan fingerprint density at radius 3 is 2.33 bits per heavy atom. The lowest BCUT2D eigenvalue weighted by molar-refractivity contribution is 0.426. The molecule has 0 saturated heterocycles. The van der Waals surface area contributed by atoms with Crippen molar-refractivity contribution in [1.82, 2.24) is 9.29 Å². The zero-order chi connectivity index (χ0) is 15.5. The molecular weight excluding hydrogens is 288 g/mol. The molecule has 0 aliphatic heterocycles. The van der Waals surface area contributed by atoms with Gasteiger partial charge in [-0.15, -0.1) is 0 Å². The molecule has 1 aliphatic carbocycles. The van der Waals surface area contributed by atoms with Crippen molar-refractivity contribution in [1.29, 1.82) is 0 Å². The minimum absolute atomic E-state index is 0.476. The molecule has 1 saturated carbocycles. The van der Waals surface area contributed by atoms with Gasteiger partial charge in [0.25, 0.3) is 0 Å². The molecule has 1 fully saturated rings. The second-order valence-electron chi connectivity index (χ2n) is 5.70. The summed E-state index contributed by atoms with van der Waals surface area (Å²) < 4.78 is 27.1. The molecule has 0 radical (unpaired) electrons. The molecular formula is C14H24N4O2S. The van der Waals surface area contributed by atoms with Crippen LogP contribution in [0.4, 0.5) is 11.5 Å². The van der Waals surface area contributed by atoms with Gasteiger partial charge < -0.3 is 4.90 Å². The summed E-state index contributed by atoms with van der Waals surface area (Å²) in [5, 5.41) is 0. The fourth-order valence-electron chi connectivity index (χ4n) is 2.55. The smallest absolute Gasteiger partial charge is 0.301 e. The molecule has 0 atom stereocenters. The van der Waals surface area contributed by atoms with Gasteiger partial charge in [-0.25, -0.2) is 4.98 Å². The van der Waals surface area contributed by atoms with E-state index in [2.05, 4.69) is 21.7 Å². The molecule has 1 N–H and O–H groups in total. The van der Waals surface area contributed by atoms with Gasteiger partial charge in [-0.3, -0.25) is 4.72 Å². The van der Waals surface area contributed by atoms with Gasteiger partial charge in [0.2, 0.25) is 0 Å². The zero-order valence-corrected chi connectivity index (χ0v) is 13.7. The number of nitrogens with zero attached hydrogens (tertiary/aromatic N) is 3. The van der Waals surface area contributed by atoms with E-state index in [1.807, 2.05) is 6.07 Å². The van der Waals surface area contributed by atoms with Crippen molar-refractivity contribution < 1.29 is 8.42 Å². The molecule has 1 aliphatic rings. The van der Waals surface area contributed by atoms with Crippen LogP contribution in [-0.4, -0.2) is 44.9 Å². The average molecular weight is 312 g/mol. The molecule has 0 unspecified atom stereocenters. The Bertz CT molecular complexity index is 551. The summed E-state index contributed by atoms with van der Waals surface area (Å²) in [6.45, 7) is 0. The van der Waals surface area contributed by atoms with Crippen molar-refractivity contribution in [2.24, 2.45) is 0 Å². The highest BCUT2D eigenvalue weighted by molar-refractivity contribution is 7.90. The summed E-state index contributed by atoms with van der Waals surface area (Å²) in [4.78, 5) is 6.58. The van der Waals surface area contributed by atoms with Gasteiger partial charge in [-0.1, -0.05) is 19.3 Å². The van der Waals surface area contributed by atoms with E-state index < -0.39 is 10.2 Å². The van der Waals surface area contributed by atoms with Gasteiger partial charge in [-0.05, 0) is 25.0 Å². The van der Waals surface area contributed by atoms with Gasteiger partial charge in [0.15, 0.2) is 0 Å². The highest BCUT2D eigenvalue weighted by atomic mass is 32.2. The molecule has 0 bridgehead atoms. The maximum Gasteiger partial charge on any atom is 0.301 e. The Morgan fingerprint density at radius 1 is 1.14 bits per heavy atom. The third-order valence-electron chi connectivity index (χ3n) is 3.96. The number of anilines is 2. The largest absolute Gasteiger partial charge is 0.357 e. The van der Waals surface area contributed by atoms with Crippen LogP contribution in [0.15, 0.2) is 18.3 Å². The van der Waals surface area contributed by atoms with Crippen LogP contribution in [0.25, 0.3) is 0 Å². The molecule has 21 heavy (non-hydrogen) atoms. The van der Waals surface area contributed by atoms with E-state index in [4.69, 9.17) is 0 Å². The standard InChI is InChI=1S/C14H24N4O2S/c1-17(2)21(19,20)16-12-9-10-14(15-11-12)18(3)13-7-5-4-6-8-13/h9-11,13,16H,4-8H2,1-3H3. The van der Waals surface area contributed by atoms with Crippen LogP contribution in [0.1, 0.15) is 32.1 Å². The Morgan fingerprint density at radius 2 is 1.81 bits per heavy atom. The number of hydrogen-bond acceptors (Lipinski definition) is 4. The number of hydrogen-bond donors (Lipinski definition) is 1. The van der Waals surface area contributed by atoms with Gasteiger partial charge in [0.1, 0.15) is 5.82 Å². The Labute approximate surface area is 127 Å². The molecule has 1 aromatic rings. The molecule has 2 rings (SSSR count). The molecule has 1 heterocycles. The molecule has 0 aromatic carbocycles. The summed E-state index contributed by atoms with van der Waals surface area (Å²) in [5.74, 6) is 0.884. The summed E-state index contributed by atoms with van der Waals surface area (Å²) in [5.41, 5.74) is 0.476. The lowest BCUT2D eigenvalue weighted by Crippen LogP contribution is -2.34. The van der Waals surface area contributed by atoms with Crippen LogP contribution >= 0.6 is 0 Å². The highest BCUT2D eigenvalue weighted by Gasteiger charge is 2.19. The minimum Gasteiger partial charge on any atom is -0.357 e. The summed E-state index contributed by atoms with van der Waals surface area (Å²) >= 11 is 0. The SMILES string of the molecule is CN(c1ccc(NS(=O)(=O)N(C)C)cn1)C1CCCCC1. The first-order chi connectivity index (χ1) is 9.90. The normalized spacial score (nSPS) is 17.0. The summed E-state index contributed by atoms with van der Waals surface area (Å²) in [7, 11) is 1.56. The van der Waals surface area contributed by atoms with Crippen molar-refractivity contribution in [3.05, 3.63) is 18.3 Å². The fourth-order valence-corrected chi connectivity index (χ4v) is 3.15. The first kappa shape index (κ1) is 16.0. The Hall–Kier alpha value is -1.34. The van der Waals surface area contributed by atoms with Gasteiger partial charge in [0.05, 0.1) is 11.9 Å². The monoisotopic (exact) mass is 312 g/mol. The van der Waals surface area contributed by atoms with E-state index in [0.29, 0.717) is 11.7 Å². The zero-order valence-electron chi connectivity index (χ0n) is 12.9. The number of rotatable bonds is 5. The van der Waals surface area contributed by atoms with Gasteiger partial charge in [0, 0.05) is 27.2 Å². The van der Waals surface area contributed by atoms with Crippen molar-refractivity contribution in [3.63, 3.8) is 0 Å². The molecule has 6 nitrogen and oxygen atoms in total. The van der Waals surface area contributed by atoms with E-state index in [-0.39, 0.29) is 0 Å². The summed E-state index contributed by atoms with van der Waals surface area (Å²) in [6.07, 6.45) is 7.84. The first-order valence-corrected chi connectivity index (χ1v) is 8.73. The van der Waals surface area contributed by atoms with E-state index in [1.54, 1.807) is 12.3 Å². The van der Waals surface area contributed by atoms with Crippen molar-refractivity contribution in [2.45, 2.75) is 38.1 Å². The second kappa shape index (κ2) is 6.62. The minimum atomic E-state index is -3.48. The maximum absolute atomic E-state index is 11.7. The van der Waals surface area contributed by atoms with Crippen LogP contribution in [0.2, 0.25) is 0 Å². The third-order valence-corrected chi connectivity index (χ3v) is 5.41. The van der Waals surface area contributed by atoms with Gasteiger partial charge >= 0.3 is 10.2 Å². The lowest BCUT2D eigenvalue weighted by Gasteiger charge is -2.32. The van der Waals surface area contributed by atoms with Crippen LogP contribution in [-0.2, 0) is 10.2 Å². The molecule has 1 aromatic heterocycles. The van der Waals surface area contributed by atoms with Crippen LogP contribution < -0.4 is 9.62 Å². The topological polar surface area (TPSA) is 65.5 Å². The van der Waals surface area contributed by atoms with E-state index in [1.165, 1.54) is 46.2 Å². The number of nitrogens with one attached hydrogen (secondary N) is 1. The van der Waals surface area contributed by atoms with Crippen LogP contribution in [0, 0.1) is 0 Å². The van der Waals surface area contributed by atoms with Crippen LogP contribution in [0.5, 0.6) is 0 Å². The number of pyridine rings is 1. The predicted molar refractivity (Wildman–Crippen MR) is 85.7 cm³/mol. The third kappa shape index (κ3) is 4.07. The fraction of sp³-hybridized carbons (Fsp3) is 0.643. The number of aromatic nitrogens is 1. The van der Waals surface area contributed by atoms with E-state index in [0.717, 1.165) is 10.1 Å². The van der Waals surface area contributed by atoms with Gasteiger partial charge in [-0.2, -0.15) is 12.7 Å². The van der Waals surface area contributed by atoms with Crippen molar-refractivity contribution in [3.8, 4) is 0 Å². The second-order valence-corrected chi connectivity index (χ2v) is 7.58. The van der Waals surface area contributed by atoms with E-state index >= 15 is 0 Å². The quantitative estimate of drug-likeness (QED) is 0.904. The first-order valence-electron chi connectivity index (χ1n) is 7.29. The Balaban J connectivity index is 2.04. The highest BCUT2D eigenvalue weighted by Crippen LogP contribution is 2.25. The molecule has 0 amide bonds. The maximum atomic E-state index is 11.7. The lowest BCUT2D eigenvalue weighted by atomic mass is 9.94.